The van der Waals surface area contributed by atoms with Gasteiger partial charge in [0.25, 0.3) is 0 Å². The number of fused-ring (bicyclic) bond motifs is 3. The molecule has 0 unspecified atom stereocenters. The highest BCUT2D eigenvalue weighted by Gasteiger charge is 2.24. The predicted molar refractivity (Wildman–Crippen MR) is 93.6 cm³/mol. The molecule has 0 saturated carbocycles. The van der Waals surface area contributed by atoms with Gasteiger partial charge in [-0.25, -0.2) is 4.98 Å². The van der Waals surface area contributed by atoms with Crippen molar-refractivity contribution < 1.29 is 9.26 Å². The topological polar surface area (TPSA) is 78.3 Å². The maximum Gasteiger partial charge on any atom is 0.229 e. The van der Waals surface area contributed by atoms with Crippen LogP contribution in [0.2, 0.25) is 0 Å². The van der Waals surface area contributed by atoms with Crippen LogP contribution in [0.15, 0.2) is 34.0 Å². The second-order valence-electron chi connectivity index (χ2n) is 6.01. The van der Waals surface area contributed by atoms with Gasteiger partial charge in [0.15, 0.2) is 0 Å². The van der Waals surface area contributed by atoms with E-state index in [1.54, 1.807) is 13.4 Å². The van der Waals surface area contributed by atoms with Crippen molar-refractivity contribution in [1.82, 2.24) is 19.7 Å². The first-order valence-electron chi connectivity index (χ1n) is 7.87. The second-order valence-corrected chi connectivity index (χ2v) is 6.37. The number of aromatic nitrogens is 4. The normalized spacial score (nSPS) is 13.2. The van der Waals surface area contributed by atoms with E-state index in [0.717, 1.165) is 22.7 Å². The number of hydrogen-bond donors (Lipinski definition) is 0. The van der Waals surface area contributed by atoms with Gasteiger partial charge in [-0.2, -0.15) is 4.98 Å². The number of halogens is 1. The van der Waals surface area contributed by atoms with Crippen LogP contribution in [0.5, 0.6) is 5.75 Å². The van der Waals surface area contributed by atoms with Crippen molar-refractivity contribution in [1.29, 1.82) is 0 Å². The highest BCUT2D eigenvalue weighted by Crippen LogP contribution is 2.31. The van der Waals surface area contributed by atoms with Gasteiger partial charge < -0.3 is 9.26 Å². The van der Waals surface area contributed by atoms with Crippen LogP contribution in [-0.4, -0.2) is 32.0 Å². The monoisotopic (exact) mass is 357 g/mol. The van der Waals surface area contributed by atoms with E-state index in [2.05, 4.69) is 20.1 Å². The van der Waals surface area contributed by atoms with Gasteiger partial charge in [0, 0.05) is 11.5 Å². The van der Waals surface area contributed by atoms with E-state index >= 15 is 0 Å². The molecule has 0 amide bonds. The molecule has 1 aliphatic rings. The smallest absolute Gasteiger partial charge is 0.229 e. The van der Waals surface area contributed by atoms with Crippen molar-refractivity contribution >= 4 is 16.8 Å². The molecule has 4 rings (SSSR count). The third kappa shape index (κ3) is 2.60. The Balaban J connectivity index is 1.86. The fourth-order valence-electron chi connectivity index (χ4n) is 2.73. The Labute approximate surface area is 149 Å². The van der Waals surface area contributed by atoms with Crippen LogP contribution < -0.4 is 4.74 Å². The molecule has 1 aromatic carbocycles. The molecule has 3 heterocycles. The summed E-state index contributed by atoms with van der Waals surface area (Å²) in [5.41, 5.74) is 3.18. The molecular weight excluding hydrogens is 342 g/mol. The van der Waals surface area contributed by atoms with Crippen molar-refractivity contribution in [3.8, 4) is 23.0 Å². The van der Waals surface area contributed by atoms with Crippen LogP contribution in [0.25, 0.3) is 17.2 Å². The van der Waals surface area contributed by atoms with Gasteiger partial charge in [-0.05, 0) is 18.2 Å². The Morgan fingerprint density at radius 3 is 2.88 bits per heavy atom. The van der Waals surface area contributed by atoms with Crippen molar-refractivity contribution in [3.63, 3.8) is 0 Å². The van der Waals surface area contributed by atoms with E-state index in [-0.39, 0.29) is 5.92 Å². The third-order valence-corrected chi connectivity index (χ3v) is 4.39. The number of hydrogen-bond acceptors (Lipinski definition) is 6. The summed E-state index contributed by atoms with van der Waals surface area (Å²) in [7, 11) is 1.62. The Kier molecular flexibility index (Phi) is 3.80. The van der Waals surface area contributed by atoms with E-state index in [9.17, 15) is 0 Å². The van der Waals surface area contributed by atoms with Crippen LogP contribution in [0.4, 0.5) is 0 Å². The minimum atomic E-state index is 0.156. The summed E-state index contributed by atoms with van der Waals surface area (Å²) < 4.78 is 12.5. The summed E-state index contributed by atoms with van der Waals surface area (Å²) in [6.45, 7) is 4.37. The fraction of sp³-hybridized carbons (Fsp3) is 0.294. The molecule has 0 aliphatic carbocycles. The van der Waals surface area contributed by atoms with Gasteiger partial charge in [0.05, 0.1) is 25.0 Å². The number of methoxy groups -OCH3 is 1. The molecule has 0 saturated heterocycles. The molecular formula is C17H16ClN5O2. The molecule has 25 heavy (non-hydrogen) atoms. The summed E-state index contributed by atoms with van der Waals surface area (Å²) >= 11 is 6.38. The van der Waals surface area contributed by atoms with Crippen LogP contribution >= 0.6 is 11.6 Å². The van der Waals surface area contributed by atoms with Crippen LogP contribution in [0, 0.1) is 0 Å². The lowest BCUT2D eigenvalue weighted by atomic mass is 10.1. The number of imidazole rings is 1. The van der Waals surface area contributed by atoms with Crippen LogP contribution in [0.1, 0.15) is 36.9 Å². The number of nitrogens with zero attached hydrogens (tertiary/aromatic N) is 5. The summed E-state index contributed by atoms with van der Waals surface area (Å²) in [5, 5.41) is 4.49. The highest BCUT2D eigenvalue weighted by molar-refractivity contribution is 6.70. The van der Waals surface area contributed by atoms with Gasteiger partial charge in [-0.3, -0.25) is 9.56 Å². The lowest BCUT2D eigenvalue weighted by Gasteiger charge is -2.10. The molecule has 0 fully saturated rings. The van der Waals surface area contributed by atoms with Gasteiger partial charge in [-0.1, -0.05) is 30.6 Å². The minimum Gasteiger partial charge on any atom is -0.497 e. The molecule has 2 aromatic heterocycles. The molecule has 0 bridgehead atoms. The average Bonchev–Trinajstić information content (AvgIpc) is 3.23. The Hall–Kier alpha value is -2.67. The first-order chi connectivity index (χ1) is 12.1. The van der Waals surface area contributed by atoms with Crippen molar-refractivity contribution in [2.75, 3.05) is 7.11 Å². The van der Waals surface area contributed by atoms with Gasteiger partial charge in [-0.15, -0.1) is 0 Å². The molecule has 8 heteroatoms. The SMILES string of the molecule is COc1ccc2c(c1)C(Cl)=NCc1c(-c3noc(C(C)C)n3)ncn1-2. The predicted octanol–water partition coefficient (Wildman–Crippen LogP) is 3.55. The number of ether oxygens (including phenoxy) is 1. The summed E-state index contributed by atoms with van der Waals surface area (Å²) in [5.74, 6) is 1.91. The number of rotatable bonds is 3. The van der Waals surface area contributed by atoms with E-state index in [4.69, 9.17) is 20.9 Å². The van der Waals surface area contributed by atoms with Gasteiger partial charge in [0.2, 0.25) is 11.7 Å². The van der Waals surface area contributed by atoms with Crippen LogP contribution in [-0.2, 0) is 6.54 Å². The second kappa shape index (κ2) is 6.00. The maximum atomic E-state index is 6.38. The zero-order valence-corrected chi connectivity index (χ0v) is 14.8. The van der Waals surface area contributed by atoms with Crippen LogP contribution in [0.3, 0.4) is 0 Å². The molecule has 0 radical (unpaired) electrons. The molecule has 1 aliphatic heterocycles. The summed E-state index contributed by atoms with van der Waals surface area (Å²) in [6, 6.07) is 5.67. The van der Waals surface area contributed by atoms with E-state index in [1.165, 1.54) is 0 Å². The quantitative estimate of drug-likeness (QED) is 0.716. The first kappa shape index (κ1) is 15.8. The zero-order valence-electron chi connectivity index (χ0n) is 14.0. The van der Waals surface area contributed by atoms with E-state index < -0.39 is 0 Å². The lowest BCUT2D eigenvalue weighted by molar-refractivity contribution is 0.365. The summed E-state index contributed by atoms with van der Waals surface area (Å²) in [4.78, 5) is 13.4. The average molecular weight is 358 g/mol. The summed E-state index contributed by atoms with van der Waals surface area (Å²) in [6.07, 6.45) is 1.73. The Bertz CT molecular complexity index is 973. The van der Waals surface area contributed by atoms with E-state index in [1.807, 2.05) is 36.6 Å². The molecule has 0 N–H and O–H groups in total. The fourth-order valence-corrected chi connectivity index (χ4v) is 2.94. The molecule has 0 atom stereocenters. The van der Waals surface area contributed by atoms with Gasteiger partial charge in [0.1, 0.15) is 22.9 Å². The number of benzene rings is 1. The highest BCUT2D eigenvalue weighted by atomic mass is 35.5. The molecule has 7 nitrogen and oxygen atoms in total. The Morgan fingerprint density at radius 1 is 1.32 bits per heavy atom. The third-order valence-electron chi connectivity index (χ3n) is 4.07. The van der Waals surface area contributed by atoms with Crippen molar-refractivity contribution in [2.24, 2.45) is 4.99 Å². The van der Waals surface area contributed by atoms with Gasteiger partial charge >= 0.3 is 0 Å². The number of aliphatic imine (C=N–C) groups is 1. The largest absolute Gasteiger partial charge is 0.497 e. The molecule has 3 aromatic rings. The van der Waals surface area contributed by atoms with Crippen molar-refractivity contribution in [3.05, 3.63) is 41.7 Å². The standard InChI is InChI=1S/C17H16ClN5O2/c1-9(2)17-21-16(22-25-17)14-13-7-19-15(18)11-6-10(24-3)4-5-12(11)23(13)8-20-14/h4-6,8-9H,7H2,1-3H3. The minimum absolute atomic E-state index is 0.156. The lowest BCUT2D eigenvalue weighted by Crippen LogP contribution is -2.02. The van der Waals surface area contributed by atoms with Crippen molar-refractivity contribution in [2.45, 2.75) is 26.3 Å². The molecule has 128 valence electrons. The zero-order chi connectivity index (χ0) is 17.6. The maximum absolute atomic E-state index is 6.38. The van der Waals surface area contributed by atoms with E-state index in [0.29, 0.717) is 29.1 Å². The molecule has 0 spiro atoms. The Morgan fingerprint density at radius 2 is 2.16 bits per heavy atom. The first-order valence-corrected chi connectivity index (χ1v) is 8.25.